The van der Waals surface area contributed by atoms with Crippen LogP contribution in [0.15, 0.2) is 47.5 Å². The van der Waals surface area contributed by atoms with Crippen molar-refractivity contribution < 1.29 is 22.3 Å². The summed E-state index contributed by atoms with van der Waals surface area (Å²) in [5.41, 5.74) is 0.000108. The maximum atomic E-state index is 12.9. The molecule has 0 atom stereocenters. The number of morpholine rings is 1. The third-order valence-electron chi connectivity index (χ3n) is 3.69. The number of carbonyl (C=O) groups is 1. The number of nitrogens with zero attached hydrogens (tertiary/aromatic N) is 2. The molecule has 1 aromatic heterocycles. The van der Waals surface area contributed by atoms with Crippen LogP contribution in [-0.2, 0) is 14.8 Å². The number of anilines is 1. The van der Waals surface area contributed by atoms with E-state index in [0.717, 1.165) is 12.3 Å². The number of hydrogen-bond donors (Lipinski definition) is 1. The van der Waals surface area contributed by atoms with Gasteiger partial charge < -0.3 is 10.1 Å². The highest BCUT2D eigenvalue weighted by atomic mass is 32.2. The molecular weight excluding hydrogens is 349 g/mol. The van der Waals surface area contributed by atoms with Gasteiger partial charge in [0, 0.05) is 13.1 Å². The zero-order valence-electron chi connectivity index (χ0n) is 13.2. The monoisotopic (exact) mass is 365 g/mol. The van der Waals surface area contributed by atoms with Crippen molar-refractivity contribution in [2.75, 3.05) is 31.6 Å². The Morgan fingerprint density at radius 2 is 1.88 bits per heavy atom. The van der Waals surface area contributed by atoms with Crippen LogP contribution in [0, 0.1) is 5.82 Å². The lowest BCUT2D eigenvalue weighted by molar-refractivity contribution is 0.0730. The fourth-order valence-corrected chi connectivity index (χ4v) is 4.04. The van der Waals surface area contributed by atoms with E-state index in [1.165, 1.54) is 22.5 Å². The summed E-state index contributed by atoms with van der Waals surface area (Å²) in [7, 11) is -3.82. The van der Waals surface area contributed by atoms with E-state index in [9.17, 15) is 17.6 Å². The van der Waals surface area contributed by atoms with E-state index in [-0.39, 0.29) is 29.4 Å². The van der Waals surface area contributed by atoms with Crippen molar-refractivity contribution in [3.05, 3.63) is 54.0 Å². The normalized spacial score (nSPS) is 15.7. The van der Waals surface area contributed by atoms with Crippen molar-refractivity contribution in [3.63, 3.8) is 0 Å². The first-order chi connectivity index (χ1) is 12.0. The van der Waals surface area contributed by atoms with Crippen molar-refractivity contribution in [2.24, 2.45) is 0 Å². The Morgan fingerprint density at radius 1 is 1.16 bits per heavy atom. The lowest BCUT2D eigenvalue weighted by Gasteiger charge is -2.26. The van der Waals surface area contributed by atoms with Gasteiger partial charge in [-0.25, -0.2) is 17.8 Å². The number of hydrogen-bond acceptors (Lipinski definition) is 5. The van der Waals surface area contributed by atoms with Gasteiger partial charge in [-0.3, -0.25) is 4.79 Å². The first-order valence-electron chi connectivity index (χ1n) is 7.58. The Hall–Kier alpha value is -2.36. The van der Waals surface area contributed by atoms with Gasteiger partial charge in [0.2, 0.25) is 10.0 Å². The molecule has 3 rings (SSSR count). The van der Waals surface area contributed by atoms with Crippen LogP contribution in [0.2, 0.25) is 0 Å². The maximum absolute atomic E-state index is 12.9. The van der Waals surface area contributed by atoms with Gasteiger partial charge in [-0.2, -0.15) is 4.31 Å². The number of sulfonamides is 1. The number of ether oxygens (including phenoxy) is 1. The molecule has 0 saturated carbocycles. The molecule has 1 saturated heterocycles. The van der Waals surface area contributed by atoms with E-state index in [1.807, 2.05) is 0 Å². The van der Waals surface area contributed by atoms with E-state index >= 15 is 0 Å². The minimum absolute atomic E-state index is 0.000108. The van der Waals surface area contributed by atoms with Crippen LogP contribution in [0.25, 0.3) is 0 Å². The highest BCUT2D eigenvalue weighted by Gasteiger charge is 2.30. The highest BCUT2D eigenvalue weighted by Crippen LogP contribution is 2.22. The second-order valence-corrected chi connectivity index (χ2v) is 7.23. The van der Waals surface area contributed by atoms with Gasteiger partial charge in [-0.15, -0.1) is 0 Å². The molecule has 1 N–H and O–H groups in total. The summed E-state index contributed by atoms with van der Waals surface area (Å²) in [6.07, 6.45) is 0.964. The molecule has 1 aliphatic heterocycles. The summed E-state index contributed by atoms with van der Waals surface area (Å²) in [5, 5.41) is 2.48. The minimum Gasteiger partial charge on any atom is -0.379 e. The Bertz CT molecular complexity index is 865. The average Bonchev–Trinajstić information content (AvgIpc) is 2.64. The summed E-state index contributed by atoms with van der Waals surface area (Å²) < 4.78 is 45.0. The summed E-state index contributed by atoms with van der Waals surface area (Å²) >= 11 is 0. The molecule has 9 heteroatoms. The fraction of sp³-hybridized carbons (Fsp3) is 0.250. The third kappa shape index (κ3) is 3.84. The lowest BCUT2D eigenvalue weighted by Crippen LogP contribution is -2.41. The predicted molar refractivity (Wildman–Crippen MR) is 88.2 cm³/mol. The number of carbonyl (C=O) groups excluding carboxylic acids is 1. The summed E-state index contributed by atoms with van der Waals surface area (Å²) in [6, 6.07) is 8.39. The minimum atomic E-state index is -3.82. The molecule has 25 heavy (non-hydrogen) atoms. The molecule has 1 aliphatic rings. The smallest absolute Gasteiger partial charge is 0.258 e. The van der Waals surface area contributed by atoms with Crippen LogP contribution in [-0.4, -0.2) is 49.9 Å². The SMILES string of the molecule is O=C(Nc1ccc(F)cn1)c1ccccc1S(=O)(=O)N1CCOCC1. The summed E-state index contributed by atoms with van der Waals surface area (Å²) in [6.45, 7) is 1.09. The summed E-state index contributed by atoms with van der Waals surface area (Å²) in [4.78, 5) is 16.2. The molecule has 2 aromatic rings. The fourth-order valence-electron chi connectivity index (χ4n) is 2.44. The Balaban J connectivity index is 1.89. The molecule has 0 radical (unpaired) electrons. The largest absolute Gasteiger partial charge is 0.379 e. The number of rotatable bonds is 4. The number of pyridine rings is 1. The first kappa shape index (κ1) is 17.5. The van der Waals surface area contributed by atoms with Crippen LogP contribution in [0.1, 0.15) is 10.4 Å². The molecule has 1 aromatic carbocycles. The van der Waals surface area contributed by atoms with E-state index in [2.05, 4.69) is 10.3 Å². The molecule has 0 bridgehead atoms. The van der Waals surface area contributed by atoms with Crippen LogP contribution in [0.5, 0.6) is 0 Å². The van der Waals surface area contributed by atoms with Crippen LogP contribution in [0.4, 0.5) is 10.2 Å². The average molecular weight is 365 g/mol. The topological polar surface area (TPSA) is 88.6 Å². The standard InChI is InChI=1S/C16H16FN3O4S/c17-12-5-6-15(18-11-12)19-16(21)13-3-1-2-4-14(13)25(22,23)20-7-9-24-10-8-20/h1-6,11H,7-10H2,(H,18,19,21). The molecule has 2 heterocycles. The lowest BCUT2D eigenvalue weighted by atomic mass is 10.2. The molecule has 0 spiro atoms. The molecule has 0 aliphatic carbocycles. The molecular formula is C16H16FN3O4S. The zero-order chi connectivity index (χ0) is 17.9. The molecule has 7 nitrogen and oxygen atoms in total. The van der Waals surface area contributed by atoms with Gasteiger partial charge in [0.25, 0.3) is 5.91 Å². The Morgan fingerprint density at radius 3 is 2.56 bits per heavy atom. The van der Waals surface area contributed by atoms with Crippen molar-refractivity contribution in [1.29, 1.82) is 0 Å². The quantitative estimate of drug-likeness (QED) is 0.887. The van der Waals surface area contributed by atoms with E-state index < -0.39 is 21.7 Å². The van der Waals surface area contributed by atoms with Gasteiger partial charge in [-0.1, -0.05) is 12.1 Å². The maximum Gasteiger partial charge on any atom is 0.258 e. The molecule has 1 fully saturated rings. The Kier molecular flexibility index (Phi) is 5.07. The Labute approximate surface area is 144 Å². The predicted octanol–water partition coefficient (Wildman–Crippen LogP) is 1.49. The van der Waals surface area contributed by atoms with Crippen LogP contribution < -0.4 is 5.32 Å². The van der Waals surface area contributed by atoms with E-state index in [0.29, 0.717) is 13.2 Å². The molecule has 0 unspecified atom stereocenters. The third-order valence-corrected chi connectivity index (χ3v) is 5.65. The van der Waals surface area contributed by atoms with Crippen molar-refractivity contribution in [2.45, 2.75) is 4.90 Å². The second-order valence-electron chi connectivity index (χ2n) is 5.33. The van der Waals surface area contributed by atoms with Gasteiger partial charge in [0.05, 0.1) is 29.9 Å². The summed E-state index contributed by atoms with van der Waals surface area (Å²) in [5.74, 6) is -1.04. The van der Waals surface area contributed by atoms with Gasteiger partial charge >= 0.3 is 0 Å². The van der Waals surface area contributed by atoms with E-state index in [4.69, 9.17) is 4.74 Å². The number of halogens is 1. The van der Waals surface area contributed by atoms with Crippen LogP contribution in [0.3, 0.4) is 0 Å². The first-order valence-corrected chi connectivity index (χ1v) is 9.02. The van der Waals surface area contributed by atoms with Gasteiger partial charge in [-0.05, 0) is 24.3 Å². The van der Waals surface area contributed by atoms with Crippen molar-refractivity contribution in [1.82, 2.24) is 9.29 Å². The van der Waals surface area contributed by atoms with Crippen LogP contribution >= 0.6 is 0 Å². The highest BCUT2D eigenvalue weighted by molar-refractivity contribution is 7.89. The second kappa shape index (κ2) is 7.26. The van der Waals surface area contributed by atoms with E-state index in [1.54, 1.807) is 12.1 Å². The van der Waals surface area contributed by atoms with Gasteiger partial charge in [0.15, 0.2) is 0 Å². The number of nitrogens with one attached hydrogen (secondary N) is 1. The zero-order valence-corrected chi connectivity index (χ0v) is 14.0. The number of benzene rings is 1. The van der Waals surface area contributed by atoms with Gasteiger partial charge in [0.1, 0.15) is 11.6 Å². The van der Waals surface area contributed by atoms with Crippen molar-refractivity contribution >= 4 is 21.7 Å². The number of aromatic nitrogens is 1. The molecule has 132 valence electrons. The van der Waals surface area contributed by atoms with Crippen molar-refractivity contribution in [3.8, 4) is 0 Å². The molecule has 1 amide bonds. The number of amides is 1.